The lowest BCUT2D eigenvalue weighted by atomic mass is 9.96. The number of hydrogen-bond acceptors (Lipinski definition) is 11. The van der Waals surface area contributed by atoms with E-state index in [0.29, 0.717) is 52.2 Å². The summed E-state index contributed by atoms with van der Waals surface area (Å²) < 4.78 is 45.3. The maximum Gasteiger partial charge on any atom is 0.410 e. The van der Waals surface area contributed by atoms with Crippen molar-refractivity contribution in [3.63, 3.8) is 0 Å². The molecule has 1 amide bonds. The summed E-state index contributed by atoms with van der Waals surface area (Å²) >= 11 is 0. The number of amides is 1. The Labute approximate surface area is 348 Å². The number of esters is 1. The minimum atomic E-state index is -2.14. The molecule has 4 aromatic rings. The first-order valence-corrected chi connectivity index (χ1v) is 22.8. The van der Waals surface area contributed by atoms with Crippen molar-refractivity contribution in [2.45, 2.75) is 116 Å². The predicted molar refractivity (Wildman–Crippen MR) is 230 cm³/mol. The number of halogens is 1. The van der Waals surface area contributed by atoms with Crippen LogP contribution in [-0.4, -0.2) is 97.9 Å². The highest BCUT2D eigenvalue weighted by atomic mass is 28.3. The number of benzene rings is 2. The molecule has 2 saturated heterocycles. The second-order valence-corrected chi connectivity index (χ2v) is 22.9. The molecule has 0 radical (unpaired) electrons. The van der Waals surface area contributed by atoms with Gasteiger partial charge in [0.15, 0.2) is 19.2 Å². The van der Waals surface area contributed by atoms with Gasteiger partial charge in [-0.3, -0.25) is 9.88 Å². The number of rotatable bonds is 12. The van der Waals surface area contributed by atoms with E-state index in [0.717, 1.165) is 29.2 Å². The topological polar surface area (TPSA) is 125 Å². The number of fused-ring (bicyclic) bond motifs is 4. The van der Waals surface area contributed by atoms with Crippen LogP contribution in [-0.2, 0) is 19.0 Å². The van der Waals surface area contributed by atoms with E-state index in [9.17, 15) is 9.59 Å². The molecule has 0 N–H and O–H groups in total. The number of anilines is 1. The van der Waals surface area contributed by atoms with E-state index in [-0.39, 0.29) is 48.8 Å². The maximum atomic E-state index is 17.5. The Kier molecular flexibility index (Phi) is 13.1. The monoisotopic (exact) mass is 827 g/mol. The maximum absolute atomic E-state index is 17.5. The number of piperazine rings is 1. The minimum absolute atomic E-state index is 0.00964. The van der Waals surface area contributed by atoms with Crippen molar-refractivity contribution in [1.82, 2.24) is 19.9 Å². The number of hydrogen-bond donors (Lipinski definition) is 0. The van der Waals surface area contributed by atoms with Gasteiger partial charge >= 0.3 is 18.1 Å². The number of carbonyl (C=O) groups is 2. The van der Waals surface area contributed by atoms with Crippen LogP contribution in [0, 0.1) is 17.3 Å². The highest BCUT2D eigenvalue weighted by molar-refractivity contribution is 6.90. The molecule has 2 atom stereocenters. The highest BCUT2D eigenvalue weighted by Gasteiger charge is 2.45. The third-order valence-corrected chi connectivity index (χ3v) is 17.8. The fourth-order valence-corrected chi connectivity index (χ4v) is 14.3. The summed E-state index contributed by atoms with van der Waals surface area (Å²) in [5.41, 5.74) is 5.69. The summed E-state index contributed by atoms with van der Waals surface area (Å²) in [5.74, 6) is 3.15. The van der Waals surface area contributed by atoms with E-state index in [1.165, 1.54) is 7.11 Å². The molecule has 4 heterocycles. The molecular weight excluding hydrogens is 770 g/mol. The van der Waals surface area contributed by atoms with Crippen LogP contribution >= 0.6 is 0 Å². The van der Waals surface area contributed by atoms with Gasteiger partial charge in [0.2, 0.25) is 0 Å². The highest BCUT2D eigenvalue weighted by Crippen LogP contribution is 2.43. The molecule has 316 valence electrons. The number of methoxy groups -OCH3 is 1. The van der Waals surface area contributed by atoms with Crippen LogP contribution in [0.25, 0.3) is 32.9 Å². The van der Waals surface area contributed by atoms with Gasteiger partial charge in [-0.05, 0) is 80.7 Å². The molecular formula is C45H58FN5O7Si. The van der Waals surface area contributed by atoms with Crippen molar-refractivity contribution in [3.05, 3.63) is 47.9 Å². The molecule has 2 aliphatic heterocycles. The van der Waals surface area contributed by atoms with Crippen molar-refractivity contribution in [1.29, 1.82) is 0 Å². The van der Waals surface area contributed by atoms with Gasteiger partial charge in [-0.25, -0.2) is 14.0 Å². The fourth-order valence-electron chi connectivity index (χ4n) is 9.04. The van der Waals surface area contributed by atoms with Crippen molar-refractivity contribution >= 4 is 47.6 Å². The Balaban J connectivity index is 1.52. The van der Waals surface area contributed by atoms with Gasteiger partial charge in [0.1, 0.15) is 36.5 Å². The van der Waals surface area contributed by atoms with E-state index >= 15 is 4.39 Å². The molecule has 2 fully saturated rings. The normalized spacial score (nSPS) is 16.9. The lowest BCUT2D eigenvalue weighted by molar-refractivity contribution is -0.145. The summed E-state index contributed by atoms with van der Waals surface area (Å²) in [6.07, 6.45) is 2.78. The van der Waals surface area contributed by atoms with Crippen molar-refractivity contribution in [3.8, 4) is 34.5 Å². The van der Waals surface area contributed by atoms with E-state index in [2.05, 4.69) is 58.0 Å². The van der Waals surface area contributed by atoms with E-state index in [1.54, 1.807) is 19.2 Å². The lowest BCUT2D eigenvalue weighted by Gasteiger charge is -2.42. The van der Waals surface area contributed by atoms with Gasteiger partial charge in [0, 0.05) is 42.9 Å². The standard InChI is InChI=1S/C45H58FN5O7Si/c1-12-55-37(52)25-56-43-48-41-36(42(49-43)50-23-32-16-17-33(24-50)51(32)44(53)58-45(8,9)10)22-47-40(39(41)46)35-21-34(57-26-54-11)20-31-15-13-14-30(38(31)35)18-19-59(27(2)3,28(4)5)29(6)7/h13-15,20-22,27-29,32-33H,12,16-17,23-26H2,1-11H3/t32-,33+. The first-order chi connectivity index (χ1) is 28.0. The molecule has 59 heavy (non-hydrogen) atoms. The molecule has 0 spiro atoms. The Morgan fingerprint density at radius 1 is 0.983 bits per heavy atom. The number of aromatic nitrogens is 3. The molecule has 2 aromatic carbocycles. The minimum Gasteiger partial charge on any atom is -0.468 e. The van der Waals surface area contributed by atoms with Crippen LogP contribution in [0.5, 0.6) is 11.8 Å². The van der Waals surface area contributed by atoms with Crippen molar-refractivity contribution < 1.29 is 37.7 Å². The predicted octanol–water partition coefficient (Wildman–Crippen LogP) is 9.07. The Bertz CT molecular complexity index is 2230. The zero-order valence-corrected chi connectivity index (χ0v) is 37.3. The third kappa shape index (κ3) is 8.96. The molecule has 0 aliphatic carbocycles. The number of pyridine rings is 1. The van der Waals surface area contributed by atoms with Crippen LogP contribution in [0.4, 0.5) is 15.0 Å². The fraction of sp³-hybridized carbons (Fsp3) is 0.533. The largest absolute Gasteiger partial charge is 0.468 e. The van der Waals surface area contributed by atoms with Gasteiger partial charge < -0.3 is 28.6 Å². The Morgan fingerprint density at radius 2 is 1.66 bits per heavy atom. The van der Waals surface area contributed by atoms with Gasteiger partial charge in [-0.15, -0.1) is 5.54 Å². The van der Waals surface area contributed by atoms with Gasteiger partial charge in [-0.1, -0.05) is 59.6 Å². The smallest absolute Gasteiger partial charge is 0.410 e. The first-order valence-electron chi connectivity index (χ1n) is 20.6. The average Bonchev–Trinajstić information content (AvgIpc) is 3.44. The van der Waals surface area contributed by atoms with E-state index in [4.69, 9.17) is 33.7 Å². The zero-order chi connectivity index (χ0) is 42.8. The number of nitrogens with zero attached hydrogens (tertiary/aromatic N) is 5. The molecule has 2 aromatic heterocycles. The van der Waals surface area contributed by atoms with E-state index < -0.39 is 32.1 Å². The van der Waals surface area contributed by atoms with Gasteiger partial charge in [0.25, 0.3) is 0 Å². The molecule has 14 heteroatoms. The zero-order valence-electron chi connectivity index (χ0n) is 36.3. The quantitative estimate of drug-likeness (QED) is 0.0588. The van der Waals surface area contributed by atoms with Crippen molar-refractivity contribution in [2.75, 3.05) is 45.1 Å². The van der Waals surface area contributed by atoms with Crippen LogP contribution < -0.4 is 14.4 Å². The number of carbonyl (C=O) groups excluding carboxylic acids is 2. The average molecular weight is 828 g/mol. The summed E-state index contributed by atoms with van der Waals surface area (Å²) in [6, 6.07) is 9.03. The number of ether oxygens (including phenoxy) is 5. The summed E-state index contributed by atoms with van der Waals surface area (Å²) in [7, 11) is -0.599. The Morgan fingerprint density at radius 3 is 2.27 bits per heavy atom. The summed E-state index contributed by atoms with van der Waals surface area (Å²) in [4.78, 5) is 43.6. The van der Waals surface area contributed by atoms with Crippen LogP contribution in [0.15, 0.2) is 36.5 Å². The van der Waals surface area contributed by atoms with Crippen LogP contribution in [0.3, 0.4) is 0 Å². The van der Waals surface area contributed by atoms with Gasteiger partial charge in [0.05, 0.1) is 24.1 Å². The van der Waals surface area contributed by atoms with Crippen LogP contribution in [0.2, 0.25) is 16.6 Å². The molecule has 0 saturated carbocycles. The Hall–Kier alpha value is -5.00. The van der Waals surface area contributed by atoms with Gasteiger partial charge in [-0.2, -0.15) is 9.97 Å². The van der Waals surface area contributed by atoms with Crippen LogP contribution in [0.1, 0.15) is 87.6 Å². The van der Waals surface area contributed by atoms with E-state index in [1.807, 2.05) is 54.8 Å². The summed E-state index contributed by atoms with van der Waals surface area (Å²) in [5, 5.41) is 1.89. The molecule has 0 unspecified atom stereocenters. The molecule has 2 bridgehead atoms. The van der Waals surface area contributed by atoms with Crippen molar-refractivity contribution in [2.24, 2.45) is 0 Å². The SMILES string of the molecule is CCOC(=O)COc1nc(N2C[C@H]3CC[C@@H](C2)N3C(=O)OC(C)(C)C)c2cnc(-c3cc(OCOC)cc4cccc(C#C[Si](C(C)C)(C(C)C)C(C)C)c34)c(F)c2n1. The lowest BCUT2D eigenvalue weighted by Crippen LogP contribution is -2.57. The molecule has 6 rings (SSSR count). The molecule has 2 aliphatic rings. The summed E-state index contributed by atoms with van der Waals surface area (Å²) in [6.45, 7) is 21.4. The first kappa shape index (κ1) is 43.6. The second kappa shape index (κ2) is 17.7. The third-order valence-electron chi connectivity index (χ3n) is 11.5. The molecule has 12 nitrogen and oxygen atoms in total. The second-order valence-electron chi connectivity index (χ2n) is 17.4.